The average molecular weight is 404 g/mol. The zero-order valence-corrected chi connectivity index (χ0v) is 17.1. The number of hydrogen-bond acceptors (Lipinski definition) is 6. The molecule has 1 fully saturated rings. The Balaban J connectivity index is 1.51. The molecular formula is C22H24N6O2. The van der Waals surface area contributed by atoms with E-state index in [4.69, 9.17) is 5.73 Å². The fraction of sp³-hybridized carbons (Fsp3) is 0.318. The smallest absolute Gasteiger partial charge is 0.274 e. The van der Waals surface area contributed by atoms with Gasteiger partial charge in [0, 0.05) is 25.2 Å². The molecule has 3 aromatic rings. The molecule has 0 spiro atoms. The molecule has 2 aromatic heterocycles. The number of nitrogen functional groups attached to an aromatic ring is 1. The largest absolute Gasteiger partial charge is 0.383 e. The van der Waals surface area contributed by atoms with Gasteiger partial charge in [-0.15, -0.1) is 0 Å². The van der Waals surface area contributed by atoms with Gasteiger partial charge in [-0.25, -0.2) is 9.67 Å². The summed E-state index contributed by atoms with van der Waals surface area (Å²) in [6.07, 6.45) is 6.02. The van der Waals surface area contributed by atoms with Crippen molar-refractivity contribution in [2.24, 2.45) is 5.92 Å². The predicted octanol–water partition coefficient (Wildman–Crippen LogP) is 2.60. The van der Waals surface area contributed by atoms with Crippen LogP contribution in [0.15, 0.2) is 42.9 Å². The van der Waals surface area contributed by atoms with E-state index in [-0.39, 0.29) is 17.6 Å². The fourth-order valence-electron chi connectivity index (χ4n) is 3.70. The van der Waals surface area contributed by atoms with Gasteiger partial charge in [0.1, 0.15) is 11.5 Å². The third kappa shape index (κ3) is 3.80. The molecule has 1 aliphatic rings. The first-order chi connectivity index (χ1) is 14.4. The van der Waals surface area contributed by atoms with Gasteiger partial charge in [0.05, 0.1) is 29.3 Å². The number of carbonyl (C=O) groups is 2. The van der Waals surface area contributed by atoms with E-state index in [0.29, 0.717) is 36.6 Å². The number of ketones is 1. The van der Waals surface area contributed by atoms with Crippen LogP contribution in [0, 0.1) is 19.8 Å². The maximum Gasteiger partial charge on any atom is 0.274 e. The Bertz CT molecular complexity index is 1070. The predicted molar refractivity (Wildman–Crippen MR) is 112 cm³/mol. The lowest BCUT2D eigenvalue weighted by Crippen LogP contribution is -2.42. The van der Waals surface area contributed by atoms with Crippen LogP contribution in [-0.2, 0) is 0 Å². The summed E-state index contributed by atoms with van der Waals surface area (Å²) in [6.45, 7) is 4.75. The third-order valence-corrected chi connectivity index (χ3v) is 5.43. The molecule has 1 aliphatic heterocycles. The van der Waals surface area contributed by atoms with Gasteiger partial charge in [-0.2, -0.15) is 5.10 Å². The van der Waals surface area contributed by atoms with Crippen LogP contribution in [0.3, 0.4) is 0 Å². The van der Waals surface area contributed by atoms with E-state index in [1.54, 1.807) is 15.8 Å². The first-order valence-electron chi connectivity index (χ1n) is 9.96. The minimum absolute atomic E-state index is 0.0849. The van der Waals surface area contributed by atoms with E-state index in [1.165, 1.54) is 12.4 Å². The molecule has 2 N–H and O–H groups in total. The van der Waals surface area contributed by atoms with Crippen LogP contribution in [0.1, 0.15) is 44.9 Å². The molecule has 3 heterocycles. The number of aryl methyl sites for hydroxylation is 2. The van der Waals surface area contributed by atoms with Crippen molar-refractivity contribution in [3.63, 3.8) is 0 Å². The summed E-state index contributed by atoms with van der Waals surface area (Å²) in [5.41, 5.74) is 9.63. The van der Waals surface area contributed by atoms with Crippen molar-refractivity contribution in [2.45, 2.75) is 26.7 Å². The summed E-state index contributed by atoms with van der Waals surface area (Å²) >= 11 is 0. The Morgan fingerprint density at radius 2 is 1.83 bits per heavy atom. The minimum atomic E-state index is -0.320. The molecule has 1 amide bonds. The number of hydrogen-bond donors (Lipinski definition) is 1. The van der Waals surface area contributed by atoms with Crippen molar-refractivity contribution in [3.8, 4) is 5.69 Å². The number of piperidine rings is 1. The number of benzene rings is 1. The van der Waals surface area contributed by atoms with Crippen LogP contribution in [0.5, 0.6) is 0 Å². The average Bonchev–Trinajstić information content (AvgIpc) is 3.15. The van der Waals surface area contributed by atoms with Crippen LogP contribution in [0.25, 0.3) is 5.69 Å². The van der Waals surface area contributed by atoms with Crippen LogP contribution in [-0.4, -0.2) is 49.4 Å². The summed E-state index contributed by atoms with van der Waals surface area (Å²) in [7, 11) is 0. The number of nitrogens with two attached hydrogens (primary N) is 1. The van der Waals surface area contributed by atoms with Crippen LogP contribution < -0.4 is 5.73 Å². The number of Topliss-reactive ketones (excluding diaryl/α,β-unsaturated/α-hetero) is 1. The molecule has 0 unspecified atom stereocenters. The second-order valence-electron chi connectivity index (χ2n) is 7.69. The van der Waals surface area contributed by atoms with Crippen molar-refractivity contribution < 1.29 is 9.59 Å². The normalized spacial score (nSPS) is 16.5. The summed E-state index contributed by atoms with van der Waals surface area (Å²) in [4.78, 5) is 35.9. The van der Waals surface area contributed by atoms with Gasteiger partial charge in [-0.1, -0.05) is 17.7 Å². The summed E-state index contributed by atoms with van der Waals surface area (Å²) < 4.78 is 1.57. The third-order valence-electron chi connectivity index (χ3n) is 5.43. The van der Waals surface area contributed by atoms with E-state index in [2.05, 4.69) is 15.1 Å². The molecule has 30 heavy (non-hydrogen) atoms. The molecule has 0 radical (unpaired) electrons. The molecular weight excluding hydrogens is 380 g/mol. The summed E-state index contributed by atoms with van der Waals surface area (Å²) in [5, 5.41) is 4.31. The minimum Gasteiger partial charge on any atom is -0.383 e. The molecule has 0 saturated carbocycles. The summed E-state index contributed by atoms with van der Waals surface area (Å²) in [6, 6.07) is 7.76. The standard InChI is InChI=1S/C22H24N6O2/c1-14-5-7-17(8-6-14)28-21(23)18(11-26-28)20(29)16-4-3-9-27(13-16)22(30)19-12-24-15(2)10-25-19/h5-8,10-12,16H,3-4,9,13,23H2,1-2H3/t16-/m1/s1. The second-order valence-corrected chi connectivity index (χ2v) is 7.69. The molecule has 1 saturated heterocycles. The lowest BCUT2D eigenvalue weighted by molar-refractivity contribution is 0.0632. The van der Waals surface area contributed by atoms with E-state index in [1.807, 2.05) is 38.1 Å². The highest BCUT2D eigenvalue weighted by atomic mass is 16.2. The van der Waals surface area contributed by atoms with E-state index in [0.717, 1.165) is 23.4 Å². The van der Waals surface area contributed by atoms with Gasteiger partial charge in [-0.3, -0.25) is 14.6 Å². The molecule has 8 heteroatoms. The number of nitrogens with zero attached hydrogens (tertiary/aromatic N) is 5. The van der Waals surface area contributed by atoms with Gasteiger partial charge in [0.2, 0.25) is 0 Å². The lowest BCUT2D eigenvalue weighted by atomic mass is 9.90. The maximum absolute atomic E-state index is 13.2. The monoisotopic (exact) mass is 404 g/mol. The van der Waals surface area contributed by atoms with Crippen molar-refractivity contribution in [1.82, 2.24) is 24.6 Å². The first-order valence-corrected chi connectivity index (χ1v) is 9.96. The van der Waals surface area contributed by atoms with Gasteiger partial charge >= 0.3 is 0 Å². The molecule has 0 aliphatic carbocycles. The van der Waals surface area contributed by atoms with E-state index < -0.39 is 0 Å². The van der Waals surface area contributed by atoms with Crippen molar-refractivity contribution >= 4 is 17.5 Å². The number of anilines is 1. The van der Waals surface area contributed by atoms with Crippen LogP contribution in [0.2, 0.25) is 0 Å². The molecule has 1 atom stereocenters. The Hall–Kier alpha value is -3.55. The fourth-order valence-corrected chi connectivity index (χ4v) is 3.70. The highest BCUT2D eigenvalue weighted by Crippen LogP contribution is 2.26. The Kier molecular flexibility index (Phi) is 5.31. The number of likely N-dealkylation sites (tertiary alicyclic amines) is 1. The molecule has 0 bridgehead atoms. The van der Waals surface area contributed by atoms with Gasteiger partial charge in [0.15, 0.2) is 5.78 Å². The summed E-state index contributed by atoms with van der Waals surface area (Å²) in [5.74, 6) is -0.294. The quantitative estimate of drug-likeness (QED) is 0.670. The van der Waals surface area contributed by atoms with E-state index in [9.17, 15) is 9.59 Å². The van der Waals surface area contributed by atoms with Crippen molar-refractivity contribution in [1.29, 1.82) is 0 Å². The van der Waals surface area contributed by atoms with Gasteiger partial charge < -0.3 is 10.6 Å². The topological polar surface area (TPSA) is 107 Å². The zero-order valence-electron chi connectivity index (χ0n) is 17.1. The molecule has 4 rings (SSSR count). The maximum atomic E-state index is 13.2. The Morgan fingerprint density at radius 1 is 1.07 bits per heavy atom. The van der Waals surface area contributed by atoms with Gasteiger partial charge in [-0.05, 0) is 38.8 Å². The first kappa shape index (κ1) is 19.8. The highest BCUT2D eigenvalue weighted by Gasteiger charge is 2.32. The van der Waals surface area contributed by atoms with Crippen molar-refractivity contribution in [3.05, 3.63) is 65.4 Å². The SMILES string of the molecule is Cc1ccc(-n2ncc(C(=O)[C@@H]3CCCN(C(=O)c4cnc(C)cn4)C3)c2N)cc1. The van der Waals surface area contributed by atoms with Crippen LogP contribution >= 0.6 is 0 Å². The van der Waals surface area contributed by atoms with E-state index >= 15 is 0 Å². The number of rotatable bonds is 4. The van der Waals surface area contributed by atoms with Crippen LogP contribution in [0.4, 0.5) is 5.82 Å². The molecule has 8 nitrogen and oxygen atoms in total. The lowest BCUT2D eigenvalue weighted by Gasteiger charge is -2.31. The Morgan fingerprint density at radius 3 is 2.53 bits per heavy atom. The second kappa shape index (κ2) is 8.06. The molecule has 1 aromatic carbocycles. The van der Waals surface area contributed by atoms with Gasteiger partial charge in [0.25, 0.3) is 5.91 Å². The Labute approximate surface area is 174 Å². The van der Waals surface area contributed by atoms with Crippen molar-refractivity contribution in [2.75, 3.05) is 18.8 Å². The number of carbonyl (C=O) groups excluding carboxylic acids is 2. The zero-order chi connectivity index (χ0) is 21.3. The number of aromatic nitrogens is 4. The number of amides is 1. The highest BCUT2D eigenvalue weighted by molar-refractivity contribution is 6.02. The molecule has 154 valence electrons.